The monoisotopic (exact) mass is 247 g/mol. The van der Waals surface area contributed by atoms with Crippen molar-refractivity contribution < 1.29 is 5.11 Å². The number of aliphatic hydroxyl groups excluding tert-OH is 1. The zero-order valence-corrected chi connectivity index (χ0v) is 11.1. The van der Waals surface area contributed by atoms with Crippen LogP contribution in [0, 0.1) is 6.92 Å². The number of rotatable bonds is 2. The van der Waals surface area contributed by atoms with Crippen LogP contribution in [0.25, 0.3) is 0 Å². The number of aliphatic hydroxyl groups is 1. The summed E-state index contributed by atoms with van der Waals surface area (Å²) in [4.78, 5) is 11.6. The molecule has 2 aliphatic rings. The maximum atomic E-state index is 9.24. The van der Waals surface area contributed by atoms with Crippen LogP contribution in [0.15, 0.2) is 6.07 Å². The Morgan fingerprint density at radius 3 is 2.56 bits per heavy atom. The second kappa shape index (κ2) is 4.59. The standard InChI is InChI=1S/C14H21N3O/c1-9-5-11(8-18)16-14(15-9)10-6-12-3-4-13(7-10)17(12)2/h5,10,12-13,18H,3-4,6-8H2,1-2H3. The summed E-state index contributed by atoms with van der Waals surface area (Å²) in [6.45, 7) is 1.99. The Morgan fingerprint density at radius 1 is 1.28 bits per heavy atom. The Bertz CT molecular complexity index is 435. The molecule has 0 radical (unpaired) electrons. The van der Waals surface area contributed by atoms with E-state index in [1.165, 1.54) is 25.7 Å². The van der Waals surface area contributed by atoms with E-state index in [9.17, 15) is 5.11 Å². The lowest BCUT2D eigenvalue weighted by Crippen LogP contribution is -2.39. The van der Waals surface area contributed by atoms with E-state index in [4.69, 9.17) is 0 Å². The maximum Gasteiger partial charge on any atom is 0.132 e. The van der Waals surface area contributed by atoms with Gasteiger partial charge in [0.1, 0.15) is 5.82 Å². The first-order valence-corrected chi connectivity index (χ1v) is 6.84. The molecule has 4 heteroatoms. The summed E-state index contributed by atoms with van der Waals surface area (Å²) in [6.07, 6.45) is 4.97. The third-order valence-electron chi connectivity index (χ3n) is 4.55. The van der Waals surface area contributed by atoms with Gasteiger partial charge >= 0.3 is 0 Å². The zero-order chi connectivity index (χ0) is 12.7. The molecule has 0 aromatic carbocycles. The van der Waals surface area contributed by atoms with Crippen LogP contribution < -0.4 is 0 Å². The van der Waals surface area contributed by atoms with Crippen LogP contribution in [0.4, 0.5) is 0 Å². The molecule has 3 rings (SSSR count). The Labute approximate surface area is 108 Å². The minimum absolute atomic E-state index is 0.00976. The minimum atomic E-state index is 0.00976. The highest BCUT2D eigenvalue weighted by molar-refractivity contribution is 5.14. The van der Waals surface area contributed by atoms with Crippen LogP contribution >= 0.6 is 0 Å². The Hall–Kier alpha value is -1.00. The Kier molecular flexibility index (Phi) is 3.08. The highest BCUT2D eigenvalue weighted by atomic mass is 16.3. The summed E-state index contributed by atoms with van der Waals surface area (Å²) in [5.74, 6) is 1.42. The average molecular weight is 247 g/mol. The fourth-order valence-electron chi connectivity index (χ4n) is 3.54. The van der Waals surface area contributed by atoms with Crippen molar-refractivity contribution in [3.63, 3.8) is 0 Å². The van der Waals surface area contributed by atoms with Gasteiger partial charge in [-0.3, -0.25) is 0 Å². The molecule has 2 aliphatic heterocycles. The molecule has 0 saturated carbocycles. The van der Waals surface area contributed by atoms with Gasteiger partial charge in [-0.15, -0.1) is 0 Å². The summed E-state index contributed by atoms with van der Waals surface area (Å²) in [5, 5.41) is 9.24. The topological polar surface area (TPSA) is 49.3 Å². The summed E-state index contributed by atoms with van der Waals surface area (Å²) < 4.78 is 0. The molecule has 0 spiro atoms. The smallest absolute Gasteiger partial charge is 0.132 e. The highest BCUT2D eigenvalue weighted by Crippen LogP contribution is 2.41. The molecular weight excluding hydrogens is 226 g/mol. The molecule has 2 bridgehead atoms. The molecule has 2 unspecified atom stereocenters. The van der Waals surface area contributed by atoms with Crippen molar-refractivity contribution in [3.05, 3.63) is 23.3 Å². The molecule has 1 aromatic rings. The lowest BCUT2D eigenvalue weighted by molar-refractivity contribution is 0.158. The average Bonchev–Trinajstić information content (AvgIpc) is 2.60. The van der Waals surface area contributed by atoms with Crippen LogP contribution in [0.2, 0.25) is 0 Å². The minimum Gasteiger partial charge on any atom is -0.390 e. The van der Waals surface area contributed by atoms with Gasteiger partial charge in [0.2, 0.25) is 0 Å². The van der Waals surface area contributed by atoms with E-state index >= 15 is 0 Å². The van der Waals surface area contributed by atoms with Gasteiger partial charge in [-0.25, -0.2) is 9.97 Å². The molecule has 4 nitrogen and oxygen atoms in total. The molecule has 0 aliphatic carbocycles. The molecule has 18 heavy (non-hydrogen) atoms. The molecule has 2 atom stereocenters. The van der Waals surface area contributed by atoms with Gasteiger partial charge in [0, 0.05) is 23.7 Å². The number of hydrogen-bond donors (Lipinski definition) is 1. The summed E-state index contributed by atoms with van der Waals surface area (Å²) >= 11 is 0. The maximum absolute atomic E-state index is 9.24. The quantitative estimate of drug-likeness (QED) is 0.862. The number of nitrogens with zero attached hydrogens (tertiary/aromatic N) is 3. The van der Waals surface area contributed by atoms with Gasteiger partial charge in [-0.2, -0.15) is 0 Å². The van der Waals surface area contributed by atoms with Gasteiger partial charge in [0.15, 0.2) is 0 Å². The van der Waals surface area contributed by atoms with Crippen LogP contribution in [-0.4, -0.2) is 39.1 Å². The molecule has 98 valence electrons. The number of aryl methyl sites for hydroxylation is 1. The van der Waals surface area contributed by atoms with E-state index in [2.05, 4.69) is 21.9 Å². The number of aromatic nitrogens is 2. The first-order valence-electron chi connectivity index (χ1n) is 6.84. The van der Waals surface area contributed by atoms with Crippen LogP contribution in [0.3, 0.4) is 0 Å². The lowest BCUT2D eigenvalue weighted by atomic mass is 9.90. The summed E-state index contributed by atoms with van der Waals surface area (Å²) in [7, 11) is 2.24. The van der Waals surface area contributed by atoms with Gasteiger partial charge < -0.3 is 10.0 Å². The van der Waals surface area contributed by atoms with Crippen molar-refractivity contribution in [2.45, 2.75) is 57.2 Å². The van der Waals surface area contributed by atoms with Gasteiger partial charge in [-0.05, 0) is 45.7 Å². The molecule has 2 saturated heterocycles. The van der Waals surface area contributed by atoms with Crippen LogP contribution in [-0.2, 0) is 6.61 Å². The fraction of sp³-hybridized carbons (Fsp3) is 0.714. The second-order valence-electron chi connectivity index (χ2n) is 5.74. The third-order valence-corrected chi connectivity index (χ3v) is 4.55. The molecule has 2 fully saturated rings. The van der Waals surface area contributed by atoms with Crippen molar-refractivity contribution in [2.24, 2.45) is 0 Å². The van der Waals surface area contributed by atoms with Crippen molar-refractivity contribution >= 4 is 0 Å². The van der Waals surface area contributed by atoms with E-state index < -0.39 is 0 Å². The van der Waals surface area contributed by atoms with Crippen molar-refractivity contribution in [2.75, 3.05) is 7.05 Å². The van der Waals surface area contributed by atoms with E-state index in [1.54, 1.807) is 0 Å². The third kappa shape index (κ3) is 2.04. The van der Waals surface area contributed by atoms with E-state index in [0.717, 1.165) is 17.2 Å². The molecule has 1 aromatic heterocycles. The van der Waals surface area contributed by atoms with Crippen LogP contribution in [0.5, 0.6) is 0 Å². The molecule has 0 amide bonds. The summed E-state index contributed by atoms with van der Waals surface area (Å²) in [5.41, 5.74) is 1.72. The summed E-state index contributed by atoms with van der Waals surface area (Å²) in [6, 6.07) is 3.28. The Morgan fingerprint density at radius 2 is 1.94 bits per heavy atom. The number of piperidine rings is 1. The first-order chi connectivity index (χ1) is 8.67. The van der Waals surface area contributed by atoms with E-state index in [0.29, 0.717) is 18.0 Å². The predicted molar refractivity (Wildman–Crippen MR) is 69.2 cm³/mol. The van der Waals surface area contributed by atoms with Crippen molar-refractivity contribution in [1.29, 1.82) is 0 Å². The molecule has 1 N–H and O–H groups in total. The van der Waals surface area contributed by atoms with Crippen molar-refractivity contribution in [3.8, 4) is 0 Å². The van der Waals surface area contributed by atoms with Crippen LogP contribution in [0.1, 0.15) is 48.8 Å². The lowest BCUT2D eigenvalue weighted by Gasteiger charge is -2.35. The van der Waals surface area contributed by atoms with Gasteiger partial charge in [-0.1, -0.05) is 0 Å². The molecule has 3 heterocycles. The highest BCUT2D eigenvalue weighted by Gasteiger charge is 2.39. The van der Waals surface area contributed by atoms with Gasteiger partial charge in [0.05, 0.1) is 12.3 Å². The molecular formula is C14H21N3O. The second-order valence-corrected chi connectivity index (χ2v) is 5.74. The van der Waals surface area contributed by atoms with Gasteiger partial charge in [0.25, 0.3) is 0 Å². The number of hydrogen-bond acceptors (Lipinski definition) is 4. The van der Waals surface area contributed by atoms with E-state index in [-0.39, 0.29) is 6.61 Å². The first kappa shape index (κ1) is 12.1. The largest absolute Gasteiger partial charge is 0.390 e. The van der Waals surface area contributed by atoms with Crippen molar-refractivity contribution in [1.82, 2.24) is 14.9 Å². The van der Waals surface area contributed by atoms with E-state index in [1.807, 2.05) is 13.0 Å². The zero-order valence-electron chi connectivity index (χ0n) is 11.1. The normalized spacial score (nSPS) is 31.8. The Balaban J connectivity index is 1.85. The number of fused-ring (bicyclic) bond motifs is 2. The predicted octanol–water partition coefficient (Wildman–Crippen LogP) is 1.62. The fourth-order valence-corrected chi connectivity index (χ4v) is 3.54. The SMILES string of the molecule is Cc1cc(CO)nc(C2CC3CCC(C2)N3C)n1.